The van der Waals surface area contributed by atoms with E-state index in [1.54, 1.807) is 12.1 Å². The van der Waals surface area contributed by atoms with Gasteiger partial charge < -0.3 is 14.7 Å². The molecule has 5 heteroatoms. The van der Waals surface area contributed by atoms with Crippen LogP contribution in [0.25, 0.3) is 0 Å². The minimum atomic E-state index is -0.852. The standard InChI is InChI=1S/C13H15NO4/c1-8-3-4-11(18-2)10(5-8)12(15)14-6-9(7-14)13(16)17/h3-5,9H,6-7H2,1-2H3,(H,16,17). The predicted octanol–water partition coefficient (Wildman–Crippen LogP) is 1.16. The van der Waals surface area contributed by atoms with Crippen molar-refractivity contribution in [3.8, 4) is 5.75 Å². The summed E-state index contributed by atoms with van der Waals surface area (Å²) >= 11 is 0. The number of aliphatic carboxylic acids is 1. The molecule has 0 saturated carbocycles. The summed E-state index contributed by atoms with van der Waals surface area (Å²) in [5.74, 6) is -0.947. The largest absolute Gasteiger partial charge is 0.496 e. The average Bonchev–Trinajstić information content (AvgIpc) is 2.26. The van der Waals surface area contributed by atoms with Crippen molar-refractivity contribution < 1.29 is 19.4 Å². The van der Waals surface area contributed by atoms with Crippen LogP contribution in [0.2, 0.25) is 0 Å². The molecule has 0 unspecified atom stereocenters. The third-order valence-electron chi connectivity index (χ3n) is 3.10. The number of ether oxygens (including phenoxy) is 1. The van der Waals surface area contributed by atoms with Gasteiger partial charge >= 0.3 is 5.97 Å². The third-order valence-corrected chi connectivity index (χ3v) is 3.10. The molecule has 2 rings (SSSR count). The SMILES string of the molecule is COc1ccc(C)cc1C(=O)N1CC(C(=O)O)C1. The zero-order valence-corrected chi connectivity index (χ0v) is 10.3. The van der Waals surface area contributed by atoms with E-state index in [0.717, 1.165) is 5.56 Å². The van der Waals surface area contributed by atoms with Crippen LogP contribution in [-0.2, 0) is 4.79 Å². The molecule has 18 heavy (non-hydrogen) atoms. The third kappa shape index (κ3) is 2.16. The van der Waals surface area contributed by atoms with E-state index in [1.807, 2.05) is 13.0 Å². The molecule has 1 aliphatic heterocycles. The highest BCUT2D eigenvalue weighted by molar-refractivity contribution is 5.98. The Morgan fingerprint density at radius 3 is 2.61 bits per heavy atom. The molecule has 1 aromatic carbocycles. The number of methoxy groups -OCH3 is 1. The van der Waals surface area contributed by atoms with E-state index in [4.69, 9.17) is 9.84 Å². The van der Waals surface area contributed by atoms with Gasteiger partial charge in [-0.1, -0.05) is 11.6 Å². The molecular formula is C13H15NO4. The highest BCUT2D eigenvalue weighted by Gasteiger charge is 2.36. The van der Waals surface area contributed by atoms with Gasteiger partial charge in [-0.3, -0.25) is 9.59 Å². The molecule has 0 radical (unpaired) electrons. The second-order valence-electron chi connectivity index (χ2n) is 4.45. The summed E-state index contributed by atoms with van der Waals surface area (Å²) in [7, 11) is 1.51. The van der Waals surface area contributed by atoms with Crippen molar-refractivity contribution in [3.05, 3.63) is 29.3 Å². The fourth-order valence-corrected chi connectivity index (χ4v) is 1.96. The summed E-state index contributed by atoms with van der Waals surface area (Å²) < 4.78 is 5.15. The lowest BCUT2D eigenvalue weighted by Crippen LogP contribution is -2.53. The number of likely N-dealkylation sites (tertiary alicyclic amines) is 1. The lowest BCUT2D eigenvalue weighted by atomic mass is 9.98. The van der Waals surface area contributed by atoms with Gasteiger partial charge in [-0.25, -0.2) is 0 Å². The molecule has 1 N–H and O–H groups in total. The number of aryl methyl sites for hydroxylation is 1. The summed E-state index contributed by atoms with van der Waals surface area (Å²) in [6.45, 7) is 2.43. The van der Waals surface area contributed by atoms with Crippen LogP contribution < -0.4 is 4.74 Å². The maximum Gasteiger partial charge on any atom is 0.310 e. The van der Waals surface area contributed by atoms with Gasteiger partial charge in [0.05, 0.1) is 18.6 Å². The van der Waals surface area contributed by atoms with Gasteiger partial charge in [0, 0.05) is 13.1 Å². The van der Waals surface area contributed by atoms with Crippen LogP contribution in [0.1, 0.15) is 15.9 Å². The van der Waals surface area contributed by atoms with Gasteiger partial charge in [0.15, 0.2) is 0 Å². The minimum absolute atomic E-state index is 0.173. The Morgan fingerprint density at radius 1 is 1.39 bits per heavy atom. The highest BCUT2D eigenvalue weighted by atomic mass is 16.5. The first-order valence-electron chi connectivity index (χ1n) is 5.69. The molecule has 0 atom stereocenters. The molecular weight excluding hydrogens is 234 g/mol. The zero-order chi connectivity index (χ0) is 13.3. The molecule has 0 aromatic heterocycles. The van der Waals surface area contributed by atoms with Crippen molar-refractivity contribution >= 4 is 11.9 Å². The summed E-state index contributed by atoms with van der Waals surface area (Å²) in [6.07, 6.45) is 0. The van der Waals surface area contributed by atoms with Crippen LogP contribution in [0.5, 0.6) is 5.75 Å². The second kappa shape index (κ2) is 4.68. The number of rotatable bonds is 3. The smallest absolute Gasteiger partial charge is 0.310 e. The van der Waals surface area contributed by atoms with Crippen LogP contribution in [0, 0.1) is 12.8 Å². The molecule has 0 bridgehead atoms. The van der Waals surface area contributed by atoms with Crippen molar-refractivity contribution in [2.24, 2.45) is 5.92 Å². The molecule has 1 aliphatic rings. The van der Waals surface area contributed by atoms with E-state index < -0.39 is 11.9 Å². The van der Waals surface area contributed by atoms with Crippen LogP contribution in [0.4, 0.5) is 0 Å². The van der Waals surface area contributed by atoms with Gasteiger partial charge in [-0.2, -0.15) is 0 Å². The van der Waals surface area contributed by atoms with E-state index in [2.05, 4.69) is 0 Å². The number of hydrogen-bond donors (Lipinski definition) is 1. The molecule has 1 heterocycles. The molecule has 1 fully saturated rings. The Hall–Kier alpha value is -2.04. The van der Waals surface area contributed by atoms with E-state index in [9.17, 15) is 9.59 Å². The van der Waals surface area contributed by atoms with Crippen LogP contribution >= 0.6 is 0 Å². The number of benzene rings is 1. The topological polar surface area (TPSA) is 66.8 Å². The van der Waals surface area contributed by atoms with E-state index >= 15 is 0 Å². The van der Waals surface area contributed by atoms with Gasteiger partial charge in [-0.15, -0.1) is 0 Å². The molecule has 5 nitrogen and oxygen atoms in total. The van der Waals surface area contributed by atoms with Gasteiger partial charge in [0.1, 0.15) is 5.75 Å². The van der Waals surface area contributed by atoms with Gasteiger partial charge in [0.2, 0.25) is 0 Å². The molecule has 0 aliphatic carbocycles. The lowest BCUT2D eigenvalue weighted by molar-refractivity contribution is -0.146. The maximum atomic E-state index is 12.2. The van der Waals surface area contributed by atoms with E-state index in [1.165, 1.54) is 12.0 Å². The molecule has 0 spiro atoms. The summed E-state index contributed by atoms with van der Waals surface area (Å²) in [4.78, 5) is 24.4. The first-order chi connectivity index (χ1) is 8.52. The number of carboxylic acids is 1. The Bertz CT molecular complexity index is 492. The number of nitrogens with zero attached hydrogens (tertiary/aromatic N) is 1. The number of carboxylic acid groups (broad SMARTS) is 1. The van der Waals surface area contributed by atoms with E-state index in [-0.39, 0.29) is 19.0 Å². The van der Waals surface area contributed by atoms with Crippen LogP contribution in [0.3, 0.4) is 0 Å². The Balaban J connectivity index is 2.15. The zero-order valence-electron chi connectivity index (χ0n) is 10.3. The first-order valence-corrected chi connectivity index (χ1v) is 5.69. The van der Waals surface area contributed by atoms with Gasteiger partial charge in [-0.05, 0) is 19.1 Å². The fraction of sp³-hybridized carbons (Fsp3) is 0.385. The summed E-state index contributed by atoms with van der Waals surface area (Å²) in [6, 6.07) is 5.37. The first kappa shape index (κ1) is 12.4. The molecule has 96 valence electrons. The van der Waals surface area contributed by atoms with Crippen molar-refractivity contribution in [1.82, 2.24) is 4.90 Å². The Labute approximate surface area is 105 Å². The monoisotopic (exact) mass is 249 g/mol. The van der Waals surface area contributed by atoms with E-state index in [0.29, 0.717) is 11.3 Å². The minimum Gasteiger partial charge on any atom is -0.496 e. The normalized spacial score (nSPS) is 15.1. The predicted molar refractivity (Wildman–Crippen MR) is 64.8 cm³/mol. The average molecular weight is 249 g/mol. The fourth-order valence-electron chi connectivity index (χ4n) is 1.96. The van der Waals surface area contributed by atoms with Crippen molar-refractivity contribution in [3.63, 3.8) is 0 Å². The molecule has 1 aromatic rings. The summed E-state index contributed by atoms with van der Waals surface area (Å²) in [5, 5.41) is 8.79. The number of carbonyl (C=O) groups excluding carboxylic acids is 1. The Morgan fingerprint density at radius 2 is 2.06 bits per heavy atom. The number of carbonyl (C=O) groups is 2. The van der Waals surface area contributed by atoms with Crippen LogP contribution in [-0.4, -0.2) is 42.1 Å². The highest BCUT2D eigenvalue weighted by Crippen LogP contribution is 2.25. The number of hydrogen-bond acceptors (Lipinski definition) is 3. The summed E-state index contributed by atoms with van der Waals surface area (Å²) in [5.41, 5.74) is 1.45. The molecule has 1 saturated heterocycles. The lowest BCUT2D eigenvalue weighted by Gasteiger charge is -2.36. The van der Waals surface area contributed by atoms with Gasteiger partial charge in [0.25, 0.3) is 5.91 Å². The maximum absolute atomic E-state index is 12.2. The quantitative estimate of drug-likeness (QED) is 0.873. The second-order valence-corrected chi connectivity index (χ2v) is 4.45. The van der Waals surface area contributed by atoms with Crippen LogP contribution in [0.15, 0.2) is 18.2 Å². The molecule has 1 amide bonds. The number of amides is 1. The van der Waals surface area contributed by atoms with Crippen molar-refractivity contribution in [2.45, 2.75) is 6.92 Å². The Kier molecular flexibility index (Phi) is 3.23. The van der Waals surface area contributed by atoms with Crippen molar-refractivity contribution in [1.29, 1.82) is 0 Å². The van der Waals surface area contributed by atoms with Crippen molar-refractivity contribution in [2.75, 3.05) is 20.2 Å².